The Hall–Kier alpha value is -3.34. The molecule has 5 heteroatoms. The molecule has 2 aromatic carbocycles. The molecule has 2 rings (SSSR count). The number of anilines is 1. The van der Waals surface area contributed by atoms with Gasteiger partial charge in [-0.25, -0.2) is 4.79 Å². The number of ether oxygens (including phenoxy) is 2. The molecule has 0 amide bonds. The summed E-state index contributed by atoms with van der Waals surface area (Å²) in [5.41, 5.74) is 4.61. The van der Waals surface area contributed by atoms with Crippen LogP contribution in [0, 0.1) is 6.92 Å². The van der Waals surface area contributed by atoms with E-state index in [2.05, 4.69) is 36.6 Å². The third-order valence-corrected chi connectivity index (χ3v) is 4.14. The Morgan fingerprint density at radius 3 is 2.13 bits per heavy atom. The molecule has 0 N–H and O–H groups in total. The maximum atomic E-state index is 11.9. The van der Waals surface area contributed by atoms with E-state index in [1.54, 1.807) is 26.2 Å². The molecule has 0 radical (unpaired) electrons. The molecule has 0 bridgehead atoms. The van der Waals surface area contributed by atoms with Crippen molar-refractivity contribution in [2.45, 2.75) is 41.5 Å². The molecule has 31 heavy (non-hydrogen) atoms. The Morgan fingerprint density at radius 2 is 1.65 bits per heavy atom. The van der Waals surface area contributed by atoms with Crippen LogP contribution in [0.4, 0.5) is 5.69 Å². The van der Waals surface area contributed by atoms with Crippen molar-refractivity contribution in [1.82, 2.24) is 0 Å². The molecule has 0 unspecified atom stereocenters. The van der Waals surface area contributed by atoms with Crippen molar-refractivity contribution in [3.63, 3.8) is 0 Å². The number of esters is 1. The highest BCUT2D eigenvalue weighted by atomic mass is 16.6. The monoisotopic (exact) mass is 425 g/mol. The van der Waals surface area contributed by atoms with Gasteiger partial charge in [0, 0.05) is 35.6 Å². The molecule has 168 valence electrons. The van der Waals surface area contributed by atoms with E-state index in [4.69, 9.17) is 14.3 Å². The number of nitrogens with zero attached hydrogens (tertiary/aromatic N) is 1. The molecule has 0 aromatic heterocycles. The minimum Gasteiger partial charge on any atom is -0.493 e. The number of carbonyl (C=O) groups is 2. The summed E-state index contributed by atoms with van der Waals surface area (Å²) in [7, 11) is 3.52. The molecule has 0 fully saturated rings. The largest absolute Gasteiger partial charge is 0.493 e. The fourth-order valence-corrected chi connectivity index (χ4v) is 2.67. The third-order valence-electron chi connectivity index (χ3n) is 4.14. The second kappa shape index (κ2) is 14.6. The van der Waals surface area contributed by atoms with E-state index in [-0.39, 0.29) is 0 Å². The second-order valence-electron chi connectivity index (χ2n) is 6.29. The molecule has 0 heterocycles. The average Bonchev–Trinajstić information content (AvgIpc) is 2.77. The summed E-state index contributed by atoms with van der Waals surface area (Å²) in [5.74, 6) is 0.382. The fourth-order valence-electron chi connectivity index (χ4n) is 2.67. The topological polar surface area (TPSA) is 55.8 Å². The van der Waals surface area contributed by atoms with E-state index >= 15 is 0 Å². The quantitative estimate of drug-likeness (QED) is 0.238. The van der Waals surface area contributed by atoms with Crippen LogP contribution < -0.4 is 14.4 Å². The van der Waals surface area contributed by atoms with Crippen LogP contribution in [0.2, 0.25) is 0 Å². The van der Waals surface area contributed by atoms with E-state index < -0.39 is 5.97 Å². The van der Waals surface area contributed by atoms with Crippen molar-refractivity contribution < 1.29 is 19.1 Å². The zero-order chi connectivity index (χ0) is 24.0. The van der Waals surface area contributed by atoms with Crippen LogP contribution in [0.5, 0.6) is 11.5 Å². The maximum absolute atomic E-state index is 11.9. The lowest BCUT2D eigenvalue weighted by Crippen LogP contribution is -2.16. The predicted octanol–water partition coefficient (Wildman–Crippen LogP) is 6.21. The minimum absolute atomic E-state index is 0.333. The normalized spacial score (nSPS) is 9.87. The standard InChI is InChI=1S/C22H25NO3.C2H4O.C2H6/c1-7-19(18-11-9-8-10-16(18)4)23(5)17-12-13-20(25-6)21(14-17)26-22(24)15(2)3;1-2-3;1-2/h7-14H,2H2,1,3-6H3;2H,1H3;1-2H3/b19-7+;;. The van der Waals surface area contributed by atoms with Crippen LogP contribution in [0.1, 0.15) is 45.7 Å². The molecule has 0 aliphatic rings. The van der Waals surface area contributed by atoms with Gasteiger partial charge >= 0.3 is 5.97 Å². The van der Waals surface area contributed by atoms with Gasteiger partial charge in [0.05, 0.1) is 7.11 Å². The molecule has 0 saturated carbocycles. The first-order valence-corrected chi connectivity index (χ1v) is 10.2. The van der Waals surface area contributed by atoms with Gasteiger partial charge in [-0.05, 0) is 45.4 Å². The van der Waals surface area contributed by atoms with Crippen molar-refractivity contribution in [2.75, 3.05) is 19.1 Å². The Kier molecular flexibility index (Phi) is 13.0. The first kappa shape index (κ1) is 27.7. The first-order chi connectivity index (χ1) is 14.8. The van der Waals surface area contributed by atoms with Gasteiger partial charge in [0.1, 0.15) is 6.29 Å². The Labute approximate surface area is 187 Å². The van der Waals surface area contributed by atoms with Crippen molar-refractivity contribution >= 4 is 23.6 Å². The molecule has 5 nitrogen and oxygen atoms in total. The van der Waals surface area contributed by atoms with Gasteiger partial charge in [-0.15, -0.1) is 0 Å². The summed E-state index contributed by atoms with van der Waals surface area (Å²) < 4.78 is 10.7. The highest BCUT2D eigenvalue weighted by molar-refractivity contribution is 5.89. The maximum Gasteiger partial charge on any atom is 0.338 e. The molecular formula is C26H35NO4. The van der Waals surface area contributed by atoms with Crippen LogP contribution in [-0.2, 0) is 9.59 Å². The molecule has 0 atom stereocenters. The summed E-state index contributed by atoms with van der Waals surface area (Å²) in [6.07, 6.45) is 2.81. The fraction of sp³-hybridized carbons (Fsp3) is 0.308. The van der Waals surface area contributed by atoms with E-state index in [1.807, 2.05) is 46.0 Å². The predicted molar refractivity (Wildman–Crippen MR) is 130 cm³/mol. The van der Waals surface area contributed by atoms with Gasteiger partial charge < -0.3 is 19.2 Å². The third kappa shape index (κ3) is 8.13. The Bertz CT molecular complexity index is 900. The molecule has 0 aliphatic heterocycles. The molecular weight excluding hydrogens is 390 g/mol. The lowest BCUT2D eigenvalue weighted by molar-refractivity contribution is -0.130. The van der Waals surface area contributed by atoms with E-state index in [9.17, 15) is 4.79 Å². The summed E-state index contributed by atoms with van der Waals surface area (Å²) in [4.78, 5) is 22.8. The number of hydrogen-bond acceptors (Lipinski definition) is 5. The van der Waals surface area contributed by atoms with Crippen molar-refractivity contribution in [2.24, 2.45) is 0 Å². The number of rotatable bonds is 6. The number of carbonyl (C=O) groups excluding carboxylic acids is 2. The number of methoxy groups -OCH3 is 1. The second-order valence-corrected chi connectivity index (χ2v) is 6.29. The van der Waals surface area contributed by atoms with E-state index in [0.29, 0.717) is 17.1 Å². The minimum atomic E-state index is -0.478. The van der Waals surface area contributed by atoms with Gasteiger partial charge in [0.2, 0.25) is 0 Å². The van der Waals surface area contributed by atoms with Crippen molar-refractivity contribution in [3.8, 4) is 11.5 Å². The van der Waals surface area contributed by atoms with E-state index in [1.165, 1.54) is 12.5 Å². The lowest BCUT2D eigenvalue weighted by Gasteiger charge is -2.25. The average molecular weight is 426 g/mol. The van der Waals surface area contributed by atoms with Crippen LogP contribution >= 0.6 is 0 Å². The molecule has 0 spiro atoms. The molecule has 0 saturated heterocycles. The molecule has 0 aliphatic carbocycles. The summed E-state index contributed by atoms with van der Waals surface area (Å²) in [5, 5.41) is 0. The van der Waals surface area contributed by atoms with Crippen molar-refractivity contribution in [3.05, 3.63) is 71.8 Å². The summed E-state index contributed by atoms with van der Waals surface area (Å²) in [6.45, 7) is 14.8. The van der Waals surface area contributed by atoms with Gasteiger partial charge in [-0.1, -0.05) is 50.8 Å². The zero-order valence-corrected chi connectivity index (χ0v) is 20.0. The number of aldehydes is 1. The smallest absolute Gasteiger partial charge is 0.338 e. The van der Waals surface area contributed by atoms with E-state index in [0.717, 1.165) is 23.2 Å². The van der Waals surface area contributed by atoms with Crippen LogP contribution in [0.3, 0.4) is 0 Å². The highest BCUT2D eigenvalue weighted by Crippen LogP contribution is 2.35. The van der Waals surface area contributed by atoms with Crippen LogP contribution in [0.15, 0.2) is 60.7 Å². The SMILES string of the molecule is C=C(C)C(=O)Oc1cc(N(C)/C(=C/C)c2ccccc2C)ccc1OC.CC.CC=O. The Balaban J connectivity index is 0.00000165. The number of benzene rings is 2. The lowest BCUT2D eigenvalue weighted by atomic mass is 10.0. The van der Waals surface area contributed by atoms with Gasteiger partial charge in [-0.2, -0.15) is 0 Å². The highest BCUT2D eigenvalue weighted by Gasteiger charge is 2.16. The molecule has 2 aromatic rings. The zero-order valence-electron chi connectivity index (χ0n) is 20.0. The van der Waals surface area contributed by atoms with Crippen molar-refractivity contribution in [1.29, 1.82) is 0 Å². The number of allylic oxidation sites excluding steroid dienone is 1. The first-order valence-electron chi connectivity index (χ1n) is 10.2. The number of hydrogen-bond donors (Lipinski definition) is 0. The van der Waals surface area contributed by atoms with Gasteiger partial charge in [-0.3, -0.25) is 0 Å². The van der Waals surface area contributed by atoms with Gasteiger partial charge in [0.15, 0.2) is 11.5 Å². The van der Waals surface area contributed by atoms with Gasteiger partial charge in [0.25, 0.3) is 0 Å². The van der Waals surface area contributed by atoms with Crippen LogP contribution in [0.25, 0.3) is 5.70 Å². The summed E-state index contributed by atoms with van der Waals surface area (Å²) in [6, 6.07) is 13.7. The Morgan fingerprint density at radius 1 is 1.06 bits per heavy atom. The van der Waals surface area contributed by atoms with Crippen LogP contribution in [-0.4, -0.2) is 26.4 Å². The summed E-state index contributed by atoms with van der Waals surface area (Å²) >= 11 is 0. The number of aryl methyl sites for hydroxylation is 1.